The molecule has 194 valence electrons. The van der Waals surface area contributed by atoms with E-state index in [0.717, 1.165) is 29.1 Å². The molecule has 8 rings (SSSR count). The summed E-state index contributed by atoms with van der Waals surface area (Å²) in [5, 5.41) is 10.7. The number of H-pyrrole nitrogens is 2. The van der Waals surface area contributed by atoms with Gasteiger partial charge in [-0.05, 0) is 86.6 Å². The summed E-state index contributed by atoms with van der Waals surface area (Å²) >= 11 is 3.41. The molecule has 4 aromatic rings. The third-order valence-electron chi connectivity index (χ3n) is 8.59. The summed E-state index contributed by atoms with van der Waals surface area (Å²) in [5.74, 6) is 1.32. The second-order valence-electron chi connectivity index (χ2n) is 11.2. The van der Waals surface area contributed by atoms with Crippen LogP contribution in [0.25, 0.3) is 22.3 Å². The van der Waals surface area contributed by atoms with Crippen molar-refractivity contribution in [2.24, 2.45) is 23.2 Å². The predicted molar refractivity (Wildman–Crippen MR) is 146 cm³/mol. The number of benzene rings is 2. The van der Waals surface area contributed by atoms with Crippen LogP contribution in [0.5, 0.6) is 0 Å². The first-order chi connectivity index (χ1) is 18.3. The van der Waals surface area contributed by atoms with Crippen molar-refractivity contribution in [3.8, 4) is 11.4 Å². The SMILES string of the molecule is O=C(Nc1ccc(Br)cc1-c1noc(=O)[nH]1)c1cc2cccc(NC(=O)C34CC5CC(CC(C5)C3)C4)c2[nH]1. The first-order valence-corrected chi connectivity index (χ1v) is 13.7. The van der Waals surface area contributed by atoms with E-state index in [4.69, 9.17) is 0 Å². The number of fused-ring (bicyclic) bond motifs is 1. The number of nitrogens with one attached hydrogen (secondary N) is 4. The second-order valence-corrected chi connectivity index (χ2v) is 12.1. The zero-order valence-electron chi connectivity index (χ0n) is 20.5. The van der Waals surface area contributed by atoms with Gasteiger partial charge in [0.05, 0.1) is 22.3 Å². The Kier molecular flexibility index (Phi) is 5.36. The number of carbonyl (C=O) groups is 2. The number of carbonyl (C=O) groups excluding carboxylic acids is 2. The Morgan fingerprint density at radius 3 is 2.37 bits per heavy atom. The van der Waals surface area contributed by atoms with E-state index in [1.165, 1.54) is 19.3 Å². The molecular weight excluding hydrogens is 550 g/mol. The molecule has 4 aliphatic carbocycles. The van der Waals surface area contributed by atoms with E-state index in [1.54, 1.807) is 24.3 Å². The molecule has 10 heteroatoms. The van der Waals surface area contributed by atoms with Gasteiger partial charge in [-0.15, -0.1) is 0 Å². The number of aromatic amines is 2. The van der Waals surface area contributed by atoms with Gasteiger partial charge in [0.25, 0.3) is 5.91 Å². The molecule has 9 nitrogen and oxygen atoms in total. The average Bonchev–Trinajstić information content (AvgIpc) is 3.51. The zero-order chi connectivity index (χ0) is 26.0. The van der Waals surface area contributed by atoms with Crippen LogP contribution >= 0.6 is 15.9 Å². The van der Waals surface area contributed by atoms with Crippen LogP contribution in [-0.4, -0.2) is 26.9 Å². The van der Waals surface area contributed by atoms with E-state index in [1.807, 2.05) is 18.2 Å². The zero-order valence-corrected chi connectivity index (χ0v) is 22.1. The molecule has 0 atom stereocenters. The van der Waals surface area contributed by atoms with Gasteiger partial charge in [-0.1, -0.05) is 33.2 Å². The Morgan fingerprint density at radius 1 is 0.947 bits per heavy atom. The molecule has 4 saturated carbocycles. The molecule has 38 heavy (non-hydrogen) atoms. The lowest BCUT2D eigenvalue weighted by Crippen LogP contribution is -2.51. The lowest BCUT2D eigenvalue weighted by atomic mass is 9.49. The first kappa shape index (κ1) is 23.5. The van der Waals surface area contributed by atoms with Crippen molar-refractivity contribution in [3.63, 3.8) is 0 Å². The number of anilines is 2. The van der Waals surface area contributed by atoms with Crippen LogP contribution in [0.15, 0.2) is 56.3 Å². The fourth-order valence-electron chi connectivity index (χ4n) is 7.38. The molecule has 2 heterocycles. The lowest BCUT2D eigenvalue weighted by Gasteiger charge is -2.55. The molecule has 0 spiro atoms. The number of aromatic nitrogens is 3. The quantitative estimate of drug-likeness (QED) is 0.243. The van der Waals surface area contributed by atoms with Crippen molar-refractivity contribution in [1.29, 1.82) is 0 Å². The van der Waals surface area contributed by atoms with E-state index >= 15 is 0 Å². The molecule has 4 N–H and O–H groups in total. The fourth-order valence-corrected chi connectivity index (χ4v) is 7.74. The Labute approximate surface area is 225 Å². The van der Waals surface area contributed by atoms with Gasteiger partial charge in [0.1, 0.15) is 5.69 Å². The Morgan fingerprint density at radius 2 is 1.68 bits per heavy atom. The summed E-state index contributed by atoms with van der Waals surface area (Å²) in [5.41, 5.74) is 2.44. The van der Waals surface area contributed by atoms with Crippen molar-refractivity contribution in [2.45, 2.75) is 38.5 Å². The van der Waals surface area contributed by atoms with Gasteiger partial charge >= 0.3 is 5.76 Å². The first-order valence-electron chi connectivity index (χ1n) is 13.0. The van der Waals surface area contributed by atoms with Crippen LogP contribution in [-0.2, 0) is 4.79 Å². The van der Waals surface area contributed by atoms with Gasteiger partial charge in [0, 0.05) is 15.4 Å². The molecule has 0 aliphatic heterocycles. The summed E-state index contributed by atoms with van der Waals surface area (Å²) in [4.78, 5) is 44.1. The minimum atomic E-state index is -0.684. The summed E-state index contributed by atoms with van der Waals surface area (Å²) in [6, 6.07) is 12.7. The minimum Gasteiger partial charge on any atom is -0.349 e. The molecule has 0 radical (unpaired) electrons. The second kappa shape index (κ2) is 8.69. The third-order valence-corrected chi connectivity index (χ3v) is 9.09. The number of hydrogen-bond acceptors (Lipinski definition) is 5. The van der Waals surface area contributed by atoms with Crippen molar-refractivity contribution >= 4 is 50.0 Å². The number of nitrogens with zero attached hydrogens (tertiary/aromatic N) is 1. The number of amides is 2. The minimum absolute atomic E-state index is 0.116. The number of rotatable bonds is 5. The fraction of sp³-hybridized carbons (Fsp3) is 0.357. The maximum Gasteiger partial charge on any atom is 0.439 e. The molecule has 2 aromatic heterocycles. The smallest absolute Gasteiger partial charge is 0.349 e. The van der Waals surface area contributed by atoms with Crippen LogP contribution in [0, 0.1) is 23.2 Å². The van der Waals surface area contributed by atoms with E-state index in [-0.39, 0.29) is 23.1 Å². The topological polar surface area (TPSA) is 133 Å². The summed E-state index contributed by atoms with van der Waals surface area (Å²) in [6.07, 6.45) is 6.82. The normalized spacial score (nSPS) is 25.6. The van der Waals surface area contributed by atoms with Gasteiger partial charge in [0.2, 0.25) is 5.91 Å². The van der Waals surface area contributed by atoms with E-state index in [2.05, 4.69) is 46.2 Å². The highest BCUT2D eigenvalue weighted by Crippen LogP contribution is 2.60. The molecule has 4 aliphatic rings. The highest BCUT2D eigenvalue weighted by atomic mass is 79.9. The van der Waals surface area contributed by atoms with E-state index in [9.17, 15) is 14.4 Å². The largest absolute Gasteiger partial charge is 0.439 e. The van der Waals surface area contributed by atoms with Crippen LogP contribution in [0.4, 0.5) is 11.4 Å². The standard InChI is InChI=1S/C28H26BrN5O4/c29-18-4-5-20(19(10-18)24-33-27(37)38-34-24)31-25(35)22-9-17-2-1-3-21(23(17)30-22)32-26(36)28-11-14-6-15(12-28)8-16(7-14)13-28/h1-5,9-10,14-16,30H,6-8,11-13H2,(H,31,35)(H,32,36)(H,33,34,37). The lowest BCUT2D eigenvalue weighted by molar-refractivity contribution is -0.140. The number of para-hydroxylation sites is 1. The molecule has 4 fully saturated rings. The Bertz CT molecular complexity index is 1610. The van der Waals surface area contributed by atoms with Crippen molar-refractivity contribution < 1.29 is 14.1 Å². The molecule has 0 unspecified atom stereocenters. The van der Waals surface area contributed by atoms with Gasteiger partial charge in [-0.2, -0.15) is 0 Å². The summed E-state index contributed by atoms with van der Waals surface area (Å²) < 4.78 is 5.38. The maximum atomic E-state index is 13.6. The summed E-state index contributed by atoms with van der Waals surface area (Å²) in [7, 11) is 0. The molecular formula is C28H26BrN5O4. The molecule has 0 saturated heterocycles. The summed E-state index contributed by atoms with van der Waals surface area (Å²) in [6.45, 7) is 0. The number of hydrogen-bond donors (Lipinski definition) is 4. The van der Waals surface area contributed by atoms with Crippen LogP contribution < -0.4 is 16.4 Å². The molecule has 2 amide bonds. The highest BCUT2D eigenvalue weighted by molar-refractivity contribution is 9.10. The Balaban J connectivity index is 1.15. The van der Waals surface area contributed by atoms with E-state index < -0.39 is 5.76 Å². The van der Waals surface area contributed by atoms with Crippen LogP contribution in [0.2, 0.25) is 0 Å². The van der Waals surface area contributed by atoms with Gasteiger partial charge in [-0.25, -0.2) is 4.79 Å². The van der Waals surface area contributed by atoms with Crippen LogP contribution in [0.1, 0.15) is 49.0 Å². The molecule has 2 aromatic carbocycles. The van der Waals surface area contributed by atoms with Gasteiger partial charge < -0.3 is 15.6 Å². The molecule has 4 bridgehead atoms. The maximum absolute atomic E-state index is 13.6. The average molecular weight is 576 g/mol. The van der Waals surface area contributed by atoms with Crippen molar-refractivity contribution in [1.82, 2.24) is 15.1 Å². The monoisotopic (exact) mass is 575 g/mol. The van der Waals surface area contributed by atoms with Crippen molar-refractivity contribution in [2.75, 3.05) is 10.6 Å². The number of halogens is 1. The van der Waals surface area contributed by atoms with E-state index in [0.29, 0.717) is 45.9 Å². The van der Waals surface area contributed by atoms with Gasteiger partial charge in [-0.3, -0.25) is 19.1 Å². The van der Waals surface area contributed by atoms with Crippen molar-refractivity contribution in [3.05, 3.63) is 63.2 Å². The highest BCUT2D eigenvalue weighted by Gasteiger charge is 2.54. The third kappa shape index (κ3) is 3.98. The predicted octanol–water partition coefficient (Wildman–Crippen LogP) is 5.68. The van der Waals surface area contributed by atoms with Gasteiger partial charge in [0.15, 0.2) is 5.82 Å². The Hall–Kier alpha value is -3.66. The van der Waals surface area contributed by atoms with Crippen LogP contribution in [0.3, 0.4) is 0 Å².